The first-order chi connectivity index (χ1) is 14.4. The van der Waals surface area contributed by atoms with Crippen LogP contribution in [0.1, 0.15) is 5.56 Å². The highest BCUT2D eigenvalue weighted by Gasteiger charge is 2.34. The summed E-state index contributed by atoms with van der Waals surface area (Å²) in [6.45, 7) is 0. The fourth-order valence-electron chi connectivity index (χ4n) is 3.50. The number of halogens is 3. The molecule has 0 saturated carbocycles. The van der Waals surface area contributed by atoms with E-state index in [0.29, 0.717) is 16.8 Å². The van der Waals surface area contributed by atoms with Crippen LogP contribution >= 0.6 is 0 Å². The van der Waals surface area contributed by atoms with Gasteiger partial charge in [0.25, 0.3) is 11.3 Å². The molecule has 3 heterocycles. The van der Waals surface area contributed by atoms with E-state index in [9.17, 15) is 18.0 Å². The molecule has 0 radical (unpaired) electrons. The molecule has 0 aliphatic heterocycles. The van der Waals surface area contributed by atoms with Crippen molar-refractivity contribution < 1.29 is 13.2 Å². The number of nitrogens with zero attached hydrogens (tertiary/aromatic N) is 5. The third-order valence-corrected chi connectivity index (χ3v) is 4.79. The zero-order chi connectivity index (χ0) is 20.9. The predicted octanol–water partition coefficient (Wildman–Crippen LogP) is 4.11. The molecular weight excluding hydrogens is 395 g/mol. The fraction of sp³-hybridized carbons (Fsp3) is 0.0476. The molecular formula is C21H12F3N5O. The summed E-state index contributed by atoms with van der Waals surface area (Å²) in [4.78, 5) is 21.9. The van der Waals surface area contributed by atoms with Gasteiger partial charge in [-0.15, -0.1) is 0 Å². The van der Waals surface area contributed by atoms with Crippen LogP contribution in [-0.2, 0) is 6.18 Å². The van der Waals surface area contributed by atoms with Gasteiger partial charge in [-0.3, -0.25) is 9.36 Å². The van der Waals surface area contributed by atoms with Crippen LogP contribution in [0, 0.1) is 0 Å². The average molecular weight is 407 g/mol. The topological polar surface area (TPSA) is 65.1 Å². The molecule has 0 saturated heterocycles. The van der Waals surface area contributed by atoms with E-state index in [-0.39, 0.29) is 16.9 Å². The second kappa shape index (κ2) is 6.51. The minimum Gasteiger partial charge on any atom is -0.283 e. The van der Waals surface area contributed by atoms with Crippen molar-refractivity contribution in [3.8, 4) is 16.9 Å². The maximum atomic E-state index is 13.5. The van der Waals surface area contributed by atoms with Crippen LogP contribution in [0.2, 0.25) is 0 Å². The lowest BCUT2D eigenvalue weighted by molar-refractivity contribution is -0.137. The SMILES string of the molecule is O=c1c2c(-c3ccccc3)n3ncnc3nc2ccn1-c1ccccc1C(F)(F)F. The Morgan fingerprint density at radius 1 is 0.900 bits per heavy atom. The standard InChI is InChI=1S/C21H12F3N5O/c22-21(23,24)14-8-4-5-9-16(14)28-11-10-15-17(19(28)30)18(13-6-2-1-3-7-13)29-20(27-15)25-12-26-29/h1-12H. The maximum absolute atomic E-state index is 13.5. The lowest BCUT2D eigenvalue weighted by atomic mass is 10.1. The smallest absolute Gasteiger partial charge is 0.283 e. The summed E-state index contributed by atoms with van der Waals surface area (Å²) in [6, 6.07) is 15.5. The molecule has 0 fully saturated rings. The first-order valence-electron chi connectivity index (χ1n) is 8.92. The number of hydrogen-bond donors (Lipinski definition) is 0. The summed E-state index contributed by atoms with van der Waals surface area (Å²) in [5.74, 6) is 0.286. The molecule has 0 aliphatic carbocycles. The monoisotopic (exact) mass is 407 g/mol. The summed E-state index contributed by atoms with van der Waals surface area (Å²) < 4.78 is 43.0. The summed E-state index contributed by atoms with van der Waals surface area (Å²) in [7, 11) is 0. The van der Waals surface area contributed by atoms with Crippen molar-refractivity contribution in [1.82, 2.24) is 24.1 Å². The van der Waals surface area contributed by atoms with Crippen molar-refractivity contribution in [3.63, 3.8) is 0 Å². The number of rotatable bonds is 2. The number of benzene rings is 2. The van der Waals surface area contributed by atoms with Crippen LogP contribution in [0.3, 0.4) is 0 Å². The molecule has 0 unspecified atom stereocenters. The quantitative estimate of drug-likeness (QED) is 0.442. The molecule has 2 aromatic carbocycles. The van der Waals surface area contributed by atoms with Gasteiger partial charge in [-0.1, -0.05) is 42.5 Å². The zero-order valence-corrected chi connectivity index (χ0v) is 15.2. The Morgan fingerprint density at radius 2 is 1.63 bits per heavy atom. The first-order valence-corrected chi connectivity index (χ1v) is 8.92. The molecule has 0 N–H and O–H groups in total. The zero-order valence-electron chi connectivity index (χ0n) is 15.2. The van der Waals surface area contributed by atoms with E-state index in [2.05, 4.69) is 15.1 Å². The van der Waals surface area contributed by atoms with Gasteiger partial charge in [0.05, 0.1) is 27.8 Å². The number of pyridine rings is 1. The number of fused-ring (bicyclic) bond motifs is 2. The fourth-order valence-corrected chi connectivity index (χ4v) is 3.50. The Hall–Kier alpha value is -4.01. The molecule has 9 heteroatoms. The van der Waals surface area contributed by atoms with E-state index in [4.69, 9.17) is 0 Å². The highest BCUT2D eigenvalue weighted by molar-refractivity contribution is 5.93. The summed E-state index contributed by atoms with van der Waals surface area (Å²) in [6.07, 6.45) is -2.00. The second-order valence-corrected chi connectivity index (χ2v) is 6.56. The highest BCUT2D eigenvalue weighted by atomic mass is 19.4. The summed E-state index contributed by atoms with van der Waals surface area (Å²) in [5.41, 5.74) is -0.388. The molecule has 0 atom stereocenters. The normalized spacial score (nSPS) is 12.0. The molecule has 3 aromatic heterocycles. The van der Waals surface area contributed by atoms with Gasteiger partial charge < -0.3 is 0 Å². The molecule has 0 amide bonds. The van der Waals surface area contributed by atoms with Gasteiger partial charge in [-0.05, 0) is 18.2 Å². The van der Waals surface area contributed by atoms with E-state index in [1.165, 1.54) is 41.3 Å². The van der Waals surface area contributed by atoms with Crippen LogP contribution < -0.4 is 5.56 Å². The molecule has 0 aliphatic rings. The van der Waals surface area contributed by atoms with Crippen molar-refractivity contribution in [2.24, 2.45) is 0 Å². The molecule has 6 nitrogen and oxygen atoms in total. The lowest BCUT2D eigenvalue weighted by Crippen LogP contribution is -2.22. The Morgan fingerprint density at radius 3 is 2.40 bits per heavy atom. The third-order valence-electron chi connectivity index (χ3n) is 4.79. The van der Waals surface area contributed by atoms with Crippen molar-refractivity contribution in [2.45, 2.75) is 6.18 Å². The molecule has 148 valence electrons. The predicted molar refractivity (Wildman–Crippen MR) is 104 cm³/mol. The summed E-state index contributed by atoms with van der Waals surface area (Å²) >= 11 is 0. The Balaban J connectivity index is 1.91. The number of aromatic nitrogens is 5. The van der Waals surface area contributed by atoms with Gasteiger partial charge in [-0.25, -0.2) is 4.98 Å². The third kappa shape index (κ3) is 2.74. The molecule has 30 heavy (non-hydrogen) atoms. The maximum Gasteiger partial charge on any atom is 0.418 e. The van der Waals surface area contributed by atoms with Gasteiger partial charge in [0.15, 0.2) is 0 Å². The van der Waals surface area contributed by atoms with Gasteiger partial charge in [0.1, 0.15) is 6.33 Å². The molecule has 5 aromatic rings. The Labute approximate surface area is 166 Å². The largest absolute Gasteiger partial charge is 0.418 e. The van der Waals surface area contributed by atoms with Gasteiger partial charge >= 0.3 is 6.18 Å². The molecule has 0 bridgehead atoms. The van der Waals surface area contributed by atoms with Crippen LogP contribution in [0.25, 0.3) is 33.6 Å². The van der Waals surface area contributed by atoms with E-state index in [0.717, 1.165) is 10.6 Å². The highest BCUT2D eigenvalue weighted by Crippen LogP contribution is 2.34. The number of hydrogen-bond acceptors (Lipinski definition) is 4. The Bertz CT molecular complexity index is 1460. The lowest BCUT2D eigenvalue weighted by Gasteiger charge is -2.15. The van der Waals surface area contributed by atoms with Crippen LogP contribution in [0.5, 0.6) is 0 Å². The van der Waals surface area contributed by atoms with Crippen molar-refractivity contribution >= 4 is 16.7 Å². The first kappa shape index (κ1) is 18.0. The van der Waals surface area contributed by atoms with Crippen LogP contribution in [0.15, 0.2) is 78.0 Å². The van der Waals surface area contributed by atoms with Crippen LogP contribution in [-0.4, -0.2) is 24.1 Å². The minimum atomic E-state index is -4.61. The number of para-hydroxylation sites is 1. The van der Waals surface area contributed by atoms with Crippen LogP contribution in [0.4, 0.5) is 13.2 Å². The molecule has 5 rings (SSSR count). The summed E-state index contributed by atoms with van der Waals surface area (Å²) in [5, 5.41) is 4.31. The van der Waals surface area contributed by atoms with Gasteiger partial charge in [0.2, 0.25) is 0 Å². The molecule has 0 spiro atoms. The van der Waals surface area contributed by atoms with E-state index >= 15 is 0 Å². The average Bonchev–Trinajstić information content (AvgIpc) is 3.21. The van der Waals surface area contributed by atoms with Crippen molar-refractivity contribution in [3.05, 3.63) is 89.1 Å². The van der Waals surface area contributed by atoms with E-state index in [1.807, 2.05) is 6.07 Å². The second-order valence-electron chi connectivity index (χ2n) is 6.56. The Kier molecular flexibility index (Phi) is 3.92. The van der Waals surface area contributed by atoms with Gasteiger partial charge in [-0.2, -0.15) is 27.8 Å². The van der Waals surface area contributed by atoms with E-state index in [1.54, 1.807) is 24.3 Å². The van der Waals surface area contributed by atoms with Crippen molar-refractivity contribution in [1.29, 1.82) is 0 Å². The minimum absolute atomic E-state index is 0.152. The number of alkyl halides is 3. The van der Waals surface area contributed by atoms with E-state index < -0.39 is 17.3 Å². The van der Waals surface area contributed by atoms with Crippen molar-refractivity contribution in [2.75, 3.05) is 0 Å². The van der Waals surface area contributed by atoms with Gasteiger partial charge in [0, 0.05) is 11.8 Å².